The molecule has 0 N–H and O–H groups in total. The summed E-state index contributed by atoms with van der Waals surface area (Å²) in [6, 6.07) is 34.2. The second-order valence-corrected chi connectivity index (χ2v) is 15.6. The average molecular weight is 696 g/mol. The van der Waals surface area contributed by atoms with Crippen molar-refractivity contribution < 1.29 is 24.2 Å². The van der Waals surface area contributed by atoms with Crippen molar-refractivity contribution in [1.82, 2.24) is 9.97 Å². The Kier molecular flexibility index (Phi) is 7.28. The number of nitrogens with zero attached hydrogens (tertiary/aromatic N) is 2. The third kappa shape index (κ3) is 5.97. The fourth-order valence-electron chi connectivity index (χ4n) is 4.16. The molecule has 0 saturated heterocycles. The van der Waals surface area contributed by atoms with Gasteiger partial charge in [0.2, 0.25) is 0 Å². The number of aryl methyl sites for hydroxylation is 1. The van der Waals surface area contributed by atoms with Crippen molar-refractivity contribution in [2.45, 2.75) is 26.5 Å². The zero-order chi connectivity index (χ0) is 27.6. The second kappa shape index (κ2) is 11.6. The molecule has 6 aromatic rings. The van der Waals surface area contributed by atoms with Crippen molar-refractivity contribution in [3.05, 3.63) is 115 Å². The maximum atomic E-state index is 7.53. The Morgan fingerprint density at radius 1 is 0.757 bits per heavy atom. The largest absolute Gasteiger partial charge is 0.305 e. The van der Waals surface area contributed by atoms with E-state index in [0.717, 1.165) is 27.2 Å². The van der Waals surface area contributed by atoms with Crippen molar-refractivity contribution in [2.75, 3.05) is 0 Å². The summed E-state index contributed by atoms with van der Waals surface area (Å²) in [6.45, 7) is 4.97. The minimum Gasteiger partial charge on any atom is -0.305 e. The molecule has 187 valence electrons. The van der Waals surface area contributed by atoms with E-state index in [-0.39, 0.29) is 25.7 Å². The average Bonchev–Trinajstić information content (AvgIpc) is 3.32. The minimum atomic E-state index is -2.13. The molecular formula is C32H28IrN2SSi-2. The predicted molar refractivity (Wildman–Crippen MR) is 158 cm³/mol. The smallest absolute Gasteiger partial charge is 0.0794 e. The number of rotatable bonds is 3. The Morgan fingerprint density at radius 2 is 1.59 bits per heavy atom. The first kappa shape index (κ1) is 23.2. The quantitative estimate of drug-likeness (QED) is 0.138. The molecule has 6 rings (SSSR count). The number of aromatic nitrogens is 2. The topological polar surface area (TPSA) is 25.8 Å². The summed E-state index contributed by atoms with van der Waals surface area (Å²) in [5, 5.41) is 3.97. The molecule has 3 aromatic carbocycles. The first-order valence-corrected chi connectivity index (χ1v) is 16.2. The Morgan fingerprint density at radius 3 is 2.27 bits per heavy atom. The van der Waals surface area contributed by atoms with Gasteiger partial charge in [0.05, 0.1) is 8.07 Å². The summed E-state index contributed by atoms with van der Waals surface area (Å²) >= 11 is 1.80. The van der Waals surface area contributed by atoms with Crippen LogP contribution in [0.1, 0.15) is 9.68 Å². The molecule has 0 bridgehead atoms. The molecule has 1 radical (unpaired) electrons. The summed E-state index contributed by atoms with van der Waals surface area (Å²) in [4.78, 5) is 8.65. The van der Waals surface area contributed by atoms with Crippen LogP contribution in [0.4, 0.5) is 0 Å². The molecule has 0 saturated carbocycles. The number of pyridine rings is 2. The van der Waals surface area contributed by atoms with Crippen molar-refractivity contribution in [3.63, 3.8) is 0 Å². The molecule has 0 unspecified atom stereocenters. The van der Waals surface area contributed by atoms with Gasteiger partial charge in [0, 0.05) is 41.3 Å². The van der Waals surface area contributed by atoms with Gasteiger partial charge in [0.25, 0.3) is 0 Å². The maximum absolute atomic E-state index is 7.53. The Labute approximate surface area is 242 Å². The van der Waals surface area contributed by atoms with Crippen molar-refractivity contribution in [2.24, 2.45) is 0 Å². The van der Waals surface area contributed by atoms with Gasteiger partial charge in [-0.25, -0.2) is 0 Å². The SMILES string of the molecule is [2H]C([2H])([2H])c1ccc(-c2[c-]ccc3c2sc2c([Si](C)(C)C)cccc23)nc1.[Ir].[c-]1ccccc1-c1ccccn1. The predicted octanol–water partition coefficient (Wildman–Crippen LogP) is 8.32. The van der Waals surface area contributed by atoms with E-state index in [9.17, 15) is 0 Å². The molecule has 3 aromatic heterocycles. The van der Waals surface area contributed by atoms with E-state index in [1.807, 2.05) is 48.5 Å². The van der Waals surface area contributed by atoms with E-state index in [1.165, 1.54) is 26.9 Å². The summed E-state index contributed by atoms with van der Waals surface area (Å²) in [5.74, 6) is 0. The van der Waals surface area contributed by atoms with Gasteiger partial charge in [-0.15, -0.1) is 59.7 Å². The molecule has 5 heteroatoms. The second-order valence-electron chi connectivity index (χ2n) is 9.55. The van der Waals surface area contributed by atoms with Crippen LogP contribution in [0.2, 0.25) is 19.6 Å². The van der Waals surface area contributed by atoms with Gasteiger partial charge in [0.1, 0.15) is 0 Å². The van der Waals surface area contributed by atoms with Gasteiger partial charge in [-0.2, -0.15) is 11.3 Å². The Balaban J connectivity index is 0.000000238. The number of fused-ring (bicyclic) bond motifs is 3. The van der Waals surface area contributed by atoms with E-state index < -0.39 is 14.9 Å². The summed E-state index contributed by atoms with van der Waals surface area (Å²) in [6.07, 6.45) is 3.24. The summed E-state index contributed by atoms with van der Waals surface area (Å²) in [5.41, 5.74) is 3.97. The van der Waals surface area contributed by atoms with Gasteiger partial charge < -0.3 is 9.97 Å². The summed E-state index contributed by atoms with van der Waals surface area (Å²) in [7, 11) is -1.46. The standard InChI is InChI=1S/C21H20NSSi.C11H8N.Ir/c1-14-11-12-18(22-13-14)17-9-5-7-15-16-8-6-10-19(24(2,3)4)21(16)23-20(15)17;1-2-6-10(7-3-1)11-8-4-5-9-12-11;/h5-8,10-13H,1-4H3;1-6,8-9H;/q2*-1;/i1D3;;. The fourth-order valence-corrected chi connectivity index (χ4v) is 7.87. The molecule has 0 atom stereocenters. The molecule has 0 aliphatic heterocycles. The molecule has 3 heterocycles. The molecule has 0 fully saturated rings. The van der Waals surface area contributed by atoms with Crippen LogP contribution in [0, 0.1) is 19.0 Å². The Bertz CT molecular complexity index is 1680. The van der Waals surface area contributed by atoms with Gasteiger partial charge in [-0.1, -0.05) is 67.5 Å². The van der Waals surface area contributed by atoms with Crippen LogP contribution in [0.3, 0.4) is 0 Å². The van der Waals surface area contributed by atoms with Crippen LogP contribution >= 0.6 is 11.3 Å². The van der Waals surface area contributed by atoms with Crippen LogP contribution in [-0.4, -0.2) is 18.0 Å². The number of thiophene rings is 1. The van der Waals surface area contributed by atoms with Crippen molar-refractivity contribution >= 4 is 44.8 Å². The van der Waals surface area contributed by atoms with Crippen molar-refractivity contribution in [1.29, 1.82) is 0 Å². The Hall–Kier alpha value is -2.95. The monoisotopic (exact) mass is 696 g/mol. The molecule has 0 aliphatic rings. The van der Waals surface area contributed by atoms with E-state index >= 15 is 0 Å². The first-order valence-electron chi connectivity index (χ1n) is 13.3. The minimum absolute atomic E-state index is 0. The maximum Gasteiger partial charge on any atom is 0.0794 e. The van der Waals surface area contributed by atoms with E-state index in [4.69, 9.17) is 4.11 Å². The van der Waals surface area contributed by atoms with Gasteiger partial charge in [-0.3, -0.25) is 0 Å². The zero-order valence-corrected chi connectivity index (χ0v) is 25.1. The van der Waals surface area contributed by atoms with Crippen molar-refractivity contribution in [3.8, 4) is 22.5 Å². The third-order valence-corrected chi connectivity index (χ3v) is 9.42. The number of hydrogen-bond donors (Lipinski definition) is 0. The van der Waals surface area contributed by atoms with Crippen LogP contribution in [-0.2, 0) is 20.1 Å². The normalized spacial score (nSPS) is 12.6. The molecule has 0 amide bonds. The fraction of sp³-hybridized carbons (Fsp3) is 0.125. The number of hydrogen-bond acceptors (Lipinski definition) is 3. The first-order chi connectivity index (χ1) is 18.6. The molecule has 0 aliphatic carbocycles. The summed E-state index contributed by atoms with van der Waals surface area (Å²) < 4.78 is 25.1. The van der Waals surface area contributed by atoms with E-state index in [0.29, 0.717) is 0 Å². The molecule has 37 heavy (non-hydrogen) atoms. The van der Waals surface area contributed by atoms with Crippen LogP contribution in [0.15, 0.2) is 97.3 Å². The van der Waals surface area contributed by atoms with Crippen LogP contribution < -0.4 is 5.19 Å². The van der Waals surface area contributed by atoms with E-state index in [1.54, 1.807) is 29.7 Å². The van der Waals surface area contributed by atoms with E-state index in [2.05, 4.69) is 66.0 Å². The van der Waals surface area contributed by atoms with Gasteiger partial charge in [0.15, 0.2) is 0 Å². The van der Waals surface area contributed by atoms with Gasteiger partial charge in [-0.05, 0) is 45.1 Å². The van der Waals surface area contributed by atoms with Crippen LogP contribution in [0.25, 0.3) is 42.7 Å². The third-order valence-electron chi connectivity index (χ3n) is 5.94. The molecule has 2 nitrogen and oxygen atoms in total. The molecular weight excluding hydrogens is 665 g/mol. The van der Waals surface area contributed by atoms with Gasteiger partial charge >= 0.3 is 0 Å². The molecule has 0 spiro atoms. The van der Waals surface area contributed by atoms with Crippen LogP contribution in [0.5, 0.6) is 0 Å². The number of benzene rings is 3. The zero-order valence-electron chi connectivity index (χ0n) is 23.9.